The second-order valence-corrected chi connectivity index (χ2v) is 7.88. The van der Waals surface area contributed by atoms with Gasteiger partial charge in [-0.25, -0.2) is 0 Å². The topological polar surface area (TPSA) is 77.8 Å². The first-order chi connectivity index (χ1) is 13.0. The second kappa shape index (κ2) is 10.5. The molecule has 0 saturated carbocycles. The summed E-state index contributed by atoms with van der Waals surface area (Å²) in [6.07, 6.45) is 11.7. The standard InChI is InChI=1S/C22H33NO4/c1-2-3-4-5-6-7-8-9-10-18-11-13-19(14-12-18)15-23-16-22(17-23,20(24)25)21(26)27/h11-14H,2-10,15-17H2,1H3,(H,24,25)(H,26,27). The summed E-state index contributed by atoms with van der Waals surface area (Å²) in [4.78, 5) is 24.3. The quantitative estimate of drug-likeness (QED) is 0.396. The van der Waals surface area contributed by atoms with E-state index >= 15 is 0 Å². The van der Waals surface area contributed by atoms with Crippen molar-refractivity contribution in [3.63, 3.8) is 0 Å². The van der Waals surface area contributed by atoms with Crippen molar-refractivity contribution in [2.24, 2.45) is 5.41 Å². The molecule has 1 aromatic rings. The molecular weight excluding hydrogens is 342 g/mol. The predicted molar refractivity (Wildman–Crippen MR) is 106 cm³/mol. The van der Waals surface area contributed by atoms with Crippen LogP contribution in [0, 0.1) is 5.41 Å². The summed E-state index contributed by atoms with van der Waals surface area (Å²) in [6, 6.07) is 8.42. The summed E-state index contributed by atoms with van der Waals surface area (Å²) in [6.45, 7) is 2.98. The number of hydrogen-bond acceptors (Lipinski definition) is 3. The summed E-state index contributed by atoms with van der Waals surface area (Å²) in [5, 5.41) is 18.3. The average Bonchev–Trinajstić information content (AvgIpc) is 2.60. The van der Waals surface area contributed by atoms with Crippen molar-refractivity contribution in [3.8, 4) is 0 Å². The van der Waals surface area contributed by atoms with Gasteiger partial charge in [-0.05, 0) is 24.0 Å². The Morgan fingerprint density at radius 3 is 1.85 bits per heavy atom. The maximum Gasteiger partial charge on any atom is 0.323 e. The van der Waals surface area contributed by atoms with E-state index in [4.69, 9.17) is 10.2 Å². The highest BCUT2D eigenvalue weighted by molar-refractivity contribution is 6.00. The molecule has 2 N–H and O–H groups in total. The molecule has 27 heavy (non-hydrogen) atoms. The molecule has 2 rings (SSSR count). The molecule has 1 heterocycles. The molecule has 0 aliphatic carbocycles. The lowest BCUT2D eigenvalue weighted by Crippen LogP contribution is -2.63. The number of rotatable bonds is 13. The van der Waals surface area contributed by atoms with E-state index in [1.807, 2.05) is 4.90 Å². The van der Waals surface area contributed by atoms with Crippen molar-refractivity contribution in [3.05, 3.63) is 35.4 Å². The van der Waals surface area contributed by atoms with Crippen molar-refractivity contribution >= 4 is 11.9 Å². The Morgan fingerprint density at radius 2 is 1.33 bits per heavy atom. The highest BCUT2D eigenvalue weighted by atomic mass is 16.4. The maximum absolute atomic E-state index is 11.2. The van der Waals surface area contributed by atoms with Crippen molar-refractivity contribution in [2.45, 2.75) is 71.3 Å². The lowest BCUT2D eigenvalue weighted by atomic mass is 9.79. The number of aliphatic carboxylic acids is 2. The lowest BCUT2D eigenvalue weighted by molar-refractivity contribution is -0.178. The molecule has 0 atom stereocenters. The highest BCUT2D eigenvalue weighted by Gasteiger charge is 2.56. The van der Waals surface area contributed by atoms with E-state index in [1.165, 1.54) is 56.9 Å². The molecule has 1 fully saturated rings. The van der Waals surface area contributed by atoms with Crippen LogP contribution in [-0.4, -0.2) is 40.1 Å². The van der Waals surface area contributed by atoms with Crippen LogP contribution in [0.5, 0.6) is 0 Å². The number of hydrogen-bond donors (Lipinski definition) is 2. The van der Waals surface area contributed by atoms with Gasteiger partial charge in [0.05, 0.1) is 0 Å². The third kappa shape index (κ3) is 6.06. The first kappa shape index (κ1) is 21.4. The van der Waals surface area contributed by atoms with E-state index in [9.17, 15) is 9.59 Å². The van der Waals surface area contributed by atoms with Crippen molar-refractivity contribution in [2.75, 3.05) is 13.1 Å². The molecule has 0 unspecified atom stereocenters. The Bertz CT molecular complexity index is 589. The molecule has 0 spiro atoms. The van der Waals surface area contributed by atoms with Gasteiger partial charge in [0.2, 0.25) is 0 Å². The number of aryl methyl sites for hydroxylation is 1. The van der Waals surface area contributed by atoms with E-state index in [0.717, 1.165) is 12.0 Å². The Labute approximate surface area is 162 Å². The molecule has 0 radical (unpaired) electrons. The smallest absolute Gasteiger partial charge is 0.323 e. The molecule has 5 nitrogen and oxygen atoms in total. The van der Waals surface area contributed by atoms with Crippen LogP contribution in [-0.2, 0) is 22.6 Å². The fourth-order valence-electron chi connectivity index (χ4n) is 3.72. The van der Waals surface area contributed by atoms with Crippen molar-refractivity contribution < 1.29 is 19.8 Å². The van der Waals surface area contributed by atoms with Crippen LogP contribution < -0.4 is 0 Å². The van der Waals surface area contributed by atoms with Gasteiger partial charge in [0.1, 0.15) is 0 Å². The highest BCUT2D eigenvalue weighted by Crippen LogP contribution is 2.32. The van der Waals surface area contributed by atoms with Gasteiger partial charge in [-0.15, -0.1) is 0 Å². The fourth-order valence-corrected chi connectivity index (χ4v) is 3.72. The van der Waals surface area contributed by atoms with Gasteiger partial charge >= 0.3 is 11.9 Å². The molecule has 1 aromatic carbocycles. The number of carbonyl (C=O) groups is 2. The van der Waals surface area contributed by atoms with Crippen LogP contribution >= 0.6 is 0 Å². The normalized spacial score (nSPS) is 16.0. The van der Waals surface area contributed by atoms with E-state index < -0.39 is 17.4 Å². The number of carboxylic acids is 2. The Balaban J connectivity index is 1.65. The number of nitrogens with zero attached hydrogens (tertiary/aromatic N) is 1. The average molecular weight is 376 g/mol. The molecule has 1 saturated heterocycles. The maximum atomic E-state index is 11.2. The molecule has 1 aliphatic heterocycles. The zero-order valence-electron chi connectivity index (χ0n) is 16.5. The Hall–Kier alpha value is -1.88. The number of likely N-dealkylation sites (tertiary alicyclic amines) is 1. The minimum Gasteiger partial charge on any atom is -0.480 e. The van der Waals surface area contributed by atoms with Gasteiger partial charge in [-0.2, -0.15) is 0 Å². The van der Waals surface area contributed by atoms with Crippen molar-refractivity contribution in [1.29, 1.82) is 0 Å². The molecule has 150 valence electrons. The molecule has 1 aliphatic rings. The van der Waals surface area contributed by atoms with Crippen LogP contribution in [0.4, 0.5) is 0 Å². The van der Waals surface area contributed by atoms with Gasteiger partial charge in [0, 0.05) is 19.6 Å². The minimum absolute atomic E-state index is 0.0671. The van der Waals surface area contributed by atoms with Gasteiger partial charge < -0.3 is 10.2 Å². The molecule has 0 aromatic heterocycles. The third-order valence-corrected chi connectivity index (χ3v) is 5.55. The molecule has 0 amide bonds. The van der Waals surface area contributed by atoms with E-state index in [-0.39, 0.29) is 13.1 Å². The summed E-state index contributed by atoms with van der Waals surface area (Å²) < 4.78 is 0. The first-order valence-corrected chi connectivity index (χ1v) is 10.2. The van der Waals surface area contributed by atoms with Gasteiger partial charge in [0.25, 0.3) is 0 Å². The minimum atomic E-state index is -1.63. The number of benzene rings is 1. The molecule has 5 heteroatoms. The summed E-state index contributed by atoms with van der Waals surface area (Å²) in [5.41, 5.74) is 0.800. The third-order valence-electron chi connectivity index (χ3n) is 5.55. The fraction of sp³-hybridized carbons (Fsp3) is 0.636. The zero-order valence-corrected chi connectivity index (χ0v) is 16.5. The lowest BCUT2D eigenvalue weighted by Gasteiger charge is -2.44. The van der Waals surface area contributed by atoms with Crippen LogP contribution in [0.25, 0.3) is 0 Å². The Kier molecular flexibility index (Phi) is 8.29. The summed E-state index contributed by atoms with van der Waals surface area (Å²) in [5.74, 6) is -2.49. The van der Waals surface area contributed by atoms with Crippen LogP contribution in [0.2, 0.25) is 0 Å². The van der Waals surface area contributed by atoms with Gasteiger partial charge in [-0.3, -0.25) is 14.5 Å². The monoisotopic (exact) mass is 375 g/mol. The number of carboxylic acid groups (broad SMARTS) is 2. The van der Waals surface area contributed by atoms with Crippen LogP contribution in [0.3, 0.4) is 0 Å². The van der Waals surface area contributed by atoms with E-state index in [1.54, 1.807) is 0 Å². The summed E-state index contributed by atoms with van der Waals surface area (Å²) >= 11 is 0. The van der Waals surface area contributed by atoms with Gasteiger partial charge in [-0.1, -0.05) is 76.1 Å². The molecular formula is C22H33NO4. The van der Waals surface area contributed by atoms with Crippen LogP contribution in [0.1, 0.15) is 69.4 Å². The van der Waals surface area contributed by atoms with Crippen LogP contribution in [0.15, 0.2) is 24.3 Å². The summed E-state index contributed by atoms with van der Waals surface area (Å²) in [7, 11) is 0. The second-order valence-electron chi connectivity index (χ2n) is 7.88. The largest absolute Gasteiger partial charge is 0.480 e. The predicted octanol–water partition coefficient (Wildman–Crippen LogP) is 4.34. The molecule has 0 bridgehead atoms. The SMILES string of the molecule is CCCCCCCCCCc1ccc(CN2CC(C(=O)O)(C(=O)O)C2)cc1. The van der Waals surface area contributed by atoms with E-state index in [2.05, 4.69) is 31.2 Å². The first-order valence-electron chi connectivity index (χ1n) is 10.2. The Morgan fingerprint density at radius 1 is 0.852 bits per heavy atom. The zero-order chi connectivity index (χ0) is 19.7. The number of unbranched alkanes of at least 4 members (excludes halogenated alkanes) is 7. The van der Waals surface area contributed by atoms with Gasteiger partial charge in [0.15, 0.2) is 5.41 Å². The van der Waals surface area contributed by atoms with E-state index in [0.29, 0.717) is 6.54 Å². The van der Waals surface area contributed by atoms with Crippen molar-refractivity contribution in [1.82, 2.24) is 4.90 Å².